The van der Waals surface area contributed by atoms with Crippen molar-refractivity contribution in [2.45, 2.75) is 13.8 Å². The van der Waals surface area contributed by atoms with Crippen molar-refractivity contribution in [3.8, 4) is 23.0 Å². The average molecular weight is 399 g/mol. The third kappa shape index (κ3) is 3.29. The molecule has 7 heteroatoms. The third-order valence-electron chi connectivity index (χ3n) is 4.10. The second-order valence-corrected chi connectivity index (χ2v) is 6.35. The van der Waals surface area contributed by atoms with Crippen molar-refractivity contribution >= 4 is 29.0 Å². The molecule has 0 fully saturated rings. The zero-order valence-corrected chi connectivity index (χ0v) is 17.0. The van der Waals surface area contributed by atoms with Crippen LogP contribution in [0.2, 0.25) is 10.0 Å². The summed E-state index contributed by atoms with van der Waals surface area (Å²) in [6.07, 6.45) is 0. The summed E-state index contributed by atoms with van der Waals surface area (Å²) in [5.74, 6) is 0.972. The van der Waals surface area contributed by atoms with E-state index in [9.17, 15) is 4.79 Å². The normalized spacial score (nSPS) is 10.5. The second-order valence-electron chi connectivity index (χ2n) is 5.54. The Morgan fingerprint density at radius 3 is 1.69 bits per heavy atom. The molecule has 0 aromatic heterocycles. The summed E-state index contributed by atoms with van der Waals surface area (Å²) in [5.41, 5.74) is 1.93. The van der Waals surface area contributed by atoms with E-state index in [0.29, 0.717) is 22.6 Å². The molecule has 0 saturated heterocycles. The molecule has 2 aromatic carbocycles. The van der Waals surface area contributed by atoms with Gasteiger partial charge in [-0.2, -0.15) is 0 Å². The molecule has 0 unspecified atom stereocenters. The average Bonchev–Trinajstić information content (AvgIpc) is 2.60. The van der Waals surface area contributed by atoms with Crippen molar-refractivity contribution in [3.05, 3.63) is 44.4 Å². The van der Waals surface area contributed by atoms with Crippen LogP contribution in [0.1, 0.15) is 27.0 Å². The maximum absolute atomic E-state index is 13.5. The van der Waals surface area contributed by atoms with Gasteiger partial charge in [0, 0.05) is 5.56 Å². The lowest BCUT2D eigenvalue weighted by molar-refractivity contribution is 0.102. The molecular weight excluding hydrogens is 379 g/mol. The highest BCUT2D eigenvalue weighted by Gasteiger charge is 2.29. The number of rotatable bonds is 6. The summed E-state index contributed by atoms with van der Waals surface area (Å²) in [4.78, 5) is 13.5. The number of hydrogen-bond donors (Lipinski definition) is 0. The van der Waals surface area contributed by atoms with E-state index in [1.54, 1.807) is 20.1 Å². The van der Waals surface area contributed by atoms with Gasteiger partial charge >= 0.3 is 0 Å². The maximum atomic E-state index is 13.5. The van der Waals surface area contributed by atoms with Gasteiger partial charge in [0.2, 0.25) is 5.78 Å². The topological polar surface area (TPSA) is 54.0 Å². The van der Waals surface area contributed by atoms with Crippen molar-refractivity contribution in [1.82, 2.24) is 0 Å². The Kier molecular flexibility index (Phi) is 6.26. The standard InChI is InChI=1S/C19H20Cl2O5/c1-9-7-13(23-3)14(10(2)17(9)24-4)16(22)15-18(25-5)11(20)8-12(21)19(15)26-6/h7-8H,1-6H3. The molecule has 0 radical (unpaired) electrons. The third-order valence-corrected chi connectivity index (χ3v) is 4.66. The molecule has 0 aliphatic heterocycles. The molecule has 5 nitrogen and oxygen atoms in total. The van der Waals surface area contributed by atoms with E-state index < -0.39 is 5.78 Å². The molecule has 0 saturated carbocycles. The number of methoxy groups -OCH3 is 4. The van der Waals surface area contributed by atoms with Crippen LogP contribution in [0.5, 0.6) is 23.0 Å². The first-order valence-corrected chi connectivity index (χ1v) is 8.44. The van der Waals surface area contributed by atoms with E-state index in [4.69, 9.17) is 42.1 Å². The Labute approximate surface area is 162 Å². The van der Waals surface area contributed by atoms with Crippen molar-refractivity contribution in [2.75, 3.05) is 28.4 Å². The van der Waals surface area contributed by atoms with Crippen LogP contribution in [-0.2, 0) is 0 Å². The molecule has 0 bridgehead atoms. The van der Waals surface area contributed by atoms with Crippen LogP contribution >= 0.6 is 23.2 Å². The lowest BCUT2D eigenvalue weighted by Gasteiger charge is -2.19. The quantitative estimate of drug-likeness (QED) is 0.649. The summed E-state index contributed by atoms with van der Waals surface area (Å²) in [6, 6.07) is 3.21. The number of aryl methyl sites for hydroxylation is 1. The summed E-state index contributed by atoms with van der Waals surface area (Å²) in [6.45, 7) is 3.66. The summed E-state index contributed by atoms with van der Waals surface area (Å²) in [7, 11) is 5.89. The van der Waals surface area contributed by atoms with Crippen LogP contribution in [0.3, 0.4) is 0 Å². The first-order chi connectivity index (χ1) is 12.3. The minimum atomic E-state index is -0.393. The lowest BCUT2D eigenvalue weighted by atomic mass is 9.94. The SMILES string of the molecule is COc1cc(C)c(OC)c(C)c1C(=O)c1c(OC)c(Cl)cc(Cl)c1OC. The van der Waals surface area contributed by atoms with E-state index in [0.717, 1.165) is 5.56 Å². The van der Waals surface area contributed by atoms with E-state index in [2.05, 4.69) is 0 Å². The van der Waals surface area contributed by atoms with Gasteiger partial charge < -0.3 is 18.9 Å². The molecule has 0 N–H and O–H groups in total. The van der Waals surface area contributed by atoms with Gasteiger partial charge in [0.15, 0.2) is 11.5 Å². The highest BCUT2D eigenvalue weighted by molar-refractivity contribution is 6.38. The monoisotopic (exact) mass is 398 g/mol. The summed E-state index contributed by atoms with van der Waals surface area (Å²) < 4.78 is 21.6. The second kappa shape index (κ2) is 8.06. The number of ether oxygens (including phenoxy) is 4. The number of ketones is 1. The van der Waals surface area contributed by atoms with Crippen LogP contribution in [0, 0.1) is 13.8 Å². The number of carbonyl (C=O) groups is 1. The molecule has 2 rings (SSSR count). The molecule has 0 spiro atoms. The predicted molar refractivity (Wildman–Crippen MR) is 102 cm³/mol. The highest BCUT2D eigenvalue weighted by atomic mass is 35.5. The first kappa shape index (κ1) is 20.2. The molecule has 140 valence electrons. The minimum absolute atomic E-state index is 0.125. The van der Waals surface area contributed by atoms with E-state index in [-0.39, 0.29) is 27.1 Å². The fraction of sp³-hybridized carbons (Fsp3) is 0.316. The van der Waals surface area contributed by atoms with Gasteiger partial charge in [-0.15, -0.1) is 0 Å². The number of carbonyl (C=O) groups excluding carboxylic acids is 1. The van der Waals surface area contributed by atoms with E-state index in [1.165, 1.54) is 27.4 Å². The van der Waals surface area contributed by atoms with E-state index in [1.807, 2.05) is 6.92 Å². The molecule has 0 heterocycles. The van der Waals surface area contributed by atoms with Gasteiger partial charge in [-0.05, 0) is 31.5 Å². The van der Waals surface area contributed by atoms with Gasteiger partial charge in [0.05, 0.1) is 44.0 Å². The fourth-order valence-corrected chi connectivity index (χ4v) is 3.62. The number of halogens is 2. The molecular formula is C19H20Cl2O5. The van der Waals surface area contributed by atoms with Crippen LogP contribution in [0.25, 0.3) is 0 Å². The van der Waals surface area contributed by atoms with Crippen LogP contribution in [0.15, 0.2) is 12.1 Å². The zero-order valence-electron chi connectivity index (χ0n) is 15.5. The largest absolute Gasteiger partial charge is 0.496 e. The van der Waals surface area contributed by atoms with Gasteiger partial charge in [-0.3, -0.25) is 4.79 Å². The Morgan fingerprint density at radius 1 is 0.769 bits per heavy atom. The molecule has 0 atom stereocenters. The zero-order chi connectivity index (χ0) is 19.6. The maximum Gasteiger partial charge on any atom is 0.204 e. The number of benzene rings is 2. The van der Waals surface area contributed by atoms with Crippen LogP contribution in [0.4, 0.5) is 0 Å². The van der Waals surface area contributed by atoms with Crippen molar-refractivity contribution in [3.63, 3.8) is 0 Å². The fourth-order valence-electron chi connectivity index (χ4n) is 3.00. The number of hydrogen-bond acceptors (Lipinski definition) is 5. The van der Waals surface area contributed by atoms with Gasteiger partial charge in [0.1, 0.15) is 17.1 Å². The first-order valence-electron chi connectivity index (χ1n) is 7.69. The Bertz CT molecular complexity index is 834. The lowest BCUT2D eigenvalue weighted by Crippen LogP contribution is -2.12. The molecule has 26 heavy (non-hydrogen) atoms. The minimum Gasteiger partial charge on any atom is -0.496 e. The van der Waals surface area contributed by atoms with Gasteiger partial charge in [0.25, 0.3) is 0 Å². The van der Waals surface area contributed by atoms with Crippen molar-refractivity contribution in [1.29, 1.82) is 0 Å². The Morgan fingerprint density at radius 2 is 1.27 bits per heavy atom. The smallest absolute Gasteiger partial charge is 0.204 e. The Balaban J connectivity index is 2.87. The summed E-state index contributed by atoms with van der Waals surface area (Å²) >= 11 is 12.4. The Hall–Kier alpha value is -2.11. The van der Waals surface area contributed by atoms with E-state index >= 15 is 0 Å². The molecule has 0 aliphatic rings. The highest BCUT2D eigenvalue weighted by Crippen LogP contribution is 2.44. The molecule has 0 aliphatic carbocycles. The summed E-state index contributed by atoms with van der Waals surface area (Å²) in [5, 5.41) is 0.412. The van der Waals surface area contributed by atoms with Gasteiger partial charge in [-0.1, -0.05) is 23.2 Å². The van der Waals surface area contributed by atoms with Gasteiger partial charge in [-0.25, -0.2) is 0 Å². The molecule has 2 aromatic rings. The van der Waals surface area contributed by atoms with Crippen molar-refractivity contribution in [2.24, 2.45) is 0 Å². The van der Waals surface area contributed by atoms with Crippen LogP contribution in [-0.4, -0.2) is 34.2 Å². The van der Waals surface area contributed by atoms with Crippen molar-refractivity contribution < 1.29 is 23.7 Å². The molecule has 0 amide bonds. The van der Waals surface area contributed by atoms with Crippen LogP contribution < -0.4 is 18.9 Å². The predicted octanol–water partition coefficient (Wildman–Crippen LogP) is 4.88.